The third-order valence-corrected chi connectivity index (χ3v) is 43.1. The van der Waals surface area contributed by atoms with Gasteiger partial charge in [-0.15, -0.1) is 0 Å². The van der Waals surface area contributed by atoms with Crippen LogP contribution in [0.25, 0.3) is 0 Å². The molecule has 0 nitrogen and oxygen atoms in total. The van der Waals surface area contributed by atoms with Gasteiger partial charge in [0, 0.05) is 21.1 Å². The van der Waals surface area contributed by atoms with E-state index in [1.807, 2.05) is 34.3 Å². The fourth-order valence-electron chi connectivity index (χ4n) is 0. The molecule has 0 radical (unpaired) electrons. The zero-order chi connectivity index (χ0) is 3.41. The monoisotopic (exact) mass is 718 g/mol. The Morgan fingerprint density at radius 1 is 1.00 bits per heavy atom. The molecule has 0 bridgehead atoms. The summed E-state index contributed by atoms with van der Waals surface area (Å²) < 4.78 is 0. The average Bonchev–Trinajstić information content (AvgIpc) is 1.37. The van der Waals surface area contributed by atoms with Crippen molar-refractivity contribution in [3.05, 3.63) is 0 Å². The first kappa shape index (κ1) is 10.9. The first-order valence-corrected chi connectivity index (χ1v) is 17.6. The maximum Gasteiger partial charge on any atom is 0 e. The van der Waals surface area contributed by atoms with Gasteiger partial charge in [-0.1, -0.05) is 0 Å². The molecule has 0 heterocycles. The van der Waals surface area contributed by atoms with Crippen LogP contribution in [-0.2, 0) is 55.4 Å². The normalized spacial score (nSPS) is 6.00. The van der Waals surface area contributed by atoms with Crippen LogP contribution < -0.4 is 0 Å². The van der Waals surface area contributed by atoms with E-state index in [-0.39, 0.29) is 21.1 Å². The van der Waals surface area contributed by atoms with E-state index in [1.54, 1.807) is 0 Å². The largest absolute Gasteiger partial charge is 0 e. The van der Waals surface area contributed by atoms with Crippen LogP contribution in [0.2, 0.25) is 0 Å². The first-order valence-electron chi connectivity index (χ1n) is 0.475. The van der Waals surface area contributed by atoms with Crippen molar-refractivity contribution in [2.75, 3.05) is 0 Å². The summed E-state index contributed by atoms with van der Waals surface area (Å²) in [6.45, 7) is 0. The van der Waals surface area contributed by atoms with Gasteiger partial charge in [0.05, 0.1) is 0 Å². The molecule has 0 amide bonds. The summed E-state index contributed by atoms with van der Waals surface area (Å²) >= 11 is 3.94. The van der Waals surface area contributed by atoms with Crippen LogP contribution in [0, 0.1) is 0 Å². The first-order chi connectivity index (χ1) is 1.91. The quantitative estimate of drug-likeness (QED) is 0.314. The molecular formula is Re2Se2W. The number of rotatable bonds is 1. The summed E-state index contributed by atoms with van der Waals surface area (Å²) in [5, 5.41) is 0. The van der Waals surface area contributed by atoms with Crippen molar-refractivity contribution in [1.82, 2.24) is 0 Å². The molecule has 0 aliphatic heterocycles. The van der Waals surface area contributed by atoms with E-state index in [0.717, 1.165) is 21.2 Å². The molecule has 32 valence electrons. The molecule has 0 aliphatic rings. The van der Waals surface area contributed by atoms with Crippen LogP contribution in [0.15, 0.2) is 0 Å². The van der Waals surface area contributed by atoms with Gasteiger partial charge < -0.3 is 0 Å². The molecule has 0 saturated heterocycles. The van der Waals surface area contributed by atoms with Gasteiger partial charge in [-0.2, -0.15) is 0 Å². The second-order valence-corrected chi connectivity index (χ2v) is 27.8. The minimum absolute atomic E-state index is 0. The predicted molar refractivity (Wildman–Crippen MR) is 11.5 cm³/mol. The van der Waals surface area contributed by atoms with E-state index >= 15 is 0 Å². The molecule has 0 aromatic heterocycles. The Labute approximate surface area is 75.1 Å². The van der Waals surface area contributed by atoms with Gasteiger partial charge >= 0.3 is 55.6 Å². The van der Waals surface area contributed by atoms with Crippen molar-refractivity contribution in [1.29, 1.82) is 0 Å². The Kier molecular flexibility index (Phi) is 22.1. The van der Waals surface area contributed by atoms with E-state index in [9.17, 15) is 0 Å². The molecule has 0 saturated carbocycles. The van der Waals surface area contributed by atoms with Crippen molar-refractivity contribution >= 4 is 21.2 Å². The summed E-state index contributed by atoms with van der Waals surface area (Å²) in [6, 6.07) is 0. The molecule has 0 unspecified atom stereocenters. The van der Waals surface area contributed by atoms with Gasteiger partial charge in [-0.3, -0.25) is 0 Å². The summed E-state index contributed by atoms with van der Waals surface area (Å²) in [5.41, 5.74) is 0. The Bertz CT molecular complexity index is 9.61. The maximum atomic E-state index is 1.97. The predicted octanol–water partition coefficient (Wildman–Crippen LogP) is -0.769. The van der Waals surface area contributed by atoms with E-state index < -0.39 is 0 Å². The number of hydrogen-bond donors (Lipinski definition) is 0. The fourth-order valence-corrected chi connectivity index (χ4v) is 0. The van der Waals surface area contributed by atoms with Crippen molar-refractivity contribution in [2.24, 2.45) is 0 Å². The van der Waals surface area contributed by atoms with Crippen LogP contribution in [0.1, 0.15) is 0 Å². The third-order valence-electron chi connectivity index (χ3n) is 0.0238. The van der Waals surface area contributed by atoms with Gasteiger partial charge in [0.1, 0.15) is 0 Å². The SMILES string of the molecule is [Re][Se][Se][Re].[W]. The van der Waals surface area contributed by atoms with Gasteiger partial charge in [0.25, 0.3) is 0 Å². The smallest absolute Gasteiger partial charge is 0 e. The van der Waals surface area contributed by atoms with Crippen LogP contribution in [-0.4, -0.2) is 21.2 Å². The second kappa shape index (κ2) is 10.1. The van der Waals surface area contributed by atoms with Gasteiger partial charge in [-0.25, -0.2) is 0 Å². The second-order valence-electron chi connectivity index (χ2n) is 0.126. The standard InChI is InChI=1S/2Re.Se2.W/c;;1-2;/q2*+1;-2;. The van der Waals surface area contributed by atoms with Crippen LogP contribution in [0.4, 0.5) is 0 Å². The maximum absolute atomic E-state index is 1.97. The van der Waals surface area contributed by atoms with Crippen LogP contribution >= 0.6 is 0 Å². The molecule has 5 heteroatoms. The molecule has 0 N–H and O–H groups in total. The van der Waals surface area contributed by atoms with Crippen molar-refractivity contribution in [3.8, 4) is 0 Å². The molecule has 0 aliphatic carbocycles. The molecule has 0 spiro atoms. The van der Waals surface area contributed by atoms with E-state index in [4.69, 9.17) is 0 Å². The van der Waals surface area contributed by atoms with Crippen molar-refractivity contribution < 1.29 is 55.4 Å². The molecule has 0 rings (SSSR count). The Morgan fingerprint density at radius 2 is 1.20 bits per heavy atom. The summed E-state index contributed by atoms with van der Waals surface area (Å²) in [4.78, 5) is 0. The van der Waals surface area contributed by atoms with E-state index in [0.29, 0.717) is 0 Å². The van der Waals surface area contributed by atoms with Gasteiger partial charge in [-0.05, 0) is 0 Å². The minimum atomic E-state index is 0. The average molecular weight is 714 g/mol. The third kappa shape index (κ3) is 11.0. The summed E-state index contributed by atoms with van der Waals surface area (Å²) in [6.07, 6.45) is 0. The molecular weight excluding hydrogens is 714 g/mol. The van der Waals surface area contributed by atoms with Crippen LogP contribution in [0.3, 0.4) is 0 Å². The topological polar surface area (TPSA) is 0 Å². The Morgan fingerprint density at radius 3 is 1.20 bits per heavy atom. The minimum Gasteiger partial charge on any atom is 0 e. The number of hydrogen-bond acceptors (Lipinski definition) is 0. The van der Waals surface area contributed by atoms with Crippen molar-refractivity contribution in [2.45, 2.75) is 0 Å². The van der Waals surface area contributed by atoms with E-state index in [2.05, 4.69) is 0 Å². The fraction of sp³-hybridized carbons (Fsp3) is 0. The van der Waals surface area contributed by atoms with Crippen molar-refractivity contribution in [3.63, 3.8) is 0 Å². The van der Waals surface area contributed by atoms with Gasteiger partial charge in [0.15, 0.2) is 0 Å². The molecule has 0 aromatic rings. The van der Waals surface area contributed by atoms with Crippen LogP contribution in [0.5, 0.6) is 0 Å². The molecule has 0 atom stereocenters. The van der Waals surface area contributed by atoms with E-state index in [1.165, 1.54) is 0 Å². The molecule has 0 fully saturated rings. The summed E-state index contributed by atoms with van der Waals surface area (Å²) in [7, 11) is 2.12. The Balaban J connectivity index is 0. The Hall–Kier alpha value is 3.05. The zero-order valence-electron chi connectivity index (χ0n) is 1.98. The van der Waals surface area contributed by atoms with Gasteiger partial charge in [0.2, 0.25) is 0 Å². The molecule has 0 aromatic carbocycles. The summed E-state index contributed by atoms with van der Waals surface area (Å²) in [5.74, 6) is 0. The zero-order valence-corrected chi connectivity index (χ0v) is 13.8. The molecule has 5 heavy (non-hydrogen) atoms.